The summed E-state index contributed by atoms with van der Waals surface area (Å²) in [5.74, 6) is 0.505. The predicted molar refractivity (Wildman–Crippen MR) is 118 cm³/mol. The second kappa shape index (κ2) is 9.55. The zero-order valence-electron chi connectivity index (χ0n) is 16.0. The van der Waals surface area contributed by atoms with Crippen LogP contribution < -0.4 is 5.32 Å². The van der Waals surface area contributed by atoms with Crippen molar-refractivity contribution in [3.63, 3.8) is 0 Å². The lowest BCUT2D eigenvalue weighted by molar-refractivity contribution is -0.384. The Bertz CT molecular complexity index is 1100. The lowest BCUT2D eigenvalue weighted by Gasteiger charge is -2.09. The highest BCUT2D eigenvalue weighted by Crippen LogP contribution is 2.26. The van der Waals surface area contributed by atoms with Crippen molar-refractivity contribution < 1.29 is 9.72 Å². The van der Waals surface area contributed by atoms with Gasteiger partial charge in [-0.25, -0.2) is 0 Å². The zero-order valence-corrected chi connectivity index (χ0v) is 17.6. The van der Waals surface area contributed by atoms with Gasteiger partial charge in [-0.1, -0.05) is 29.4 Å². The van der Waals surface area contributed by atoms with Gasteiger partial charge in [-0.3, -0.25) is 19.5 Å². The molecule has 1 aromatic heterocycles. The average molecular weight is 444 g/mol. The number of aryl methyl sites for hydroxylation is 1. The molecule has 0 unspecified atom stereocenters. The highest BCUT2D eigenvalue weighted by atomic mass is 35.5. The molecule has 30 heavy (non-hydrogen) atoms. The third-order valence-corrected chi connectivity index (χ3v) is 5.38. The van der Waals surface area contributed by atoms with Crippen LogP contribution in [0.3, 0.4) is 0 Å². The van der Waals surface area contributed by atoms with Gasteiger partial charge in [0.2, 0.25) is 5.91 Å². The van der Waals surface area contributed by atoms with Crippen LogP contribution in [-0.2, 0) is 11.3 Å². The van der Waals surface area contributed by atoms with E-state index in [2.05, 4.69) is 22.1 Å². The molecule has 1 N–H and O–H groups in total. The number of amides is 1. The molecule has 0 aliphatic rings. The van der Waals surface area contributed by atoms with Gasteiger partial charge >= 0.3 is 0 Å². The van der Waals surface area contributed by atoms with Crippen molar-refractivity contribution in [3.05, 3.63) is 75.8 Å². The Kier molecular flexibility index (Phi) is 6.86. The Balaban J connectivity index is 1.71. The Morgan fingerprint density at radius 2 is 2.03 bits per heavy atom. The number of allylic oxidation sites excluding steroid dienone is 1. The summed E-state index contributed by atoms with van der Waals surface area (Å²) < 4.78 is 1.87. The maximum absolute atomic E-state index is 12.4. The molecule has 0 saturated heterocycles. The molecule has 8 nitrogen and oxygen atoms in total. The first-order chi connectivity index (χ1) is 14.4. The van der Waals surface area contributed by atoms with Crippen molar-refractivity contribution in [3.8, 4) is 11.4 Å². The number of nitrogens with zero attached hydrogens (tertiary/aromatic N) is 4. The number of carbonyl (C=O) groups is 1. The van der Waals surface area contributed by atoms with Gasteiger partial charge in [0.1, 0.15) is 0 Å². The van der Waals surface area contributed by atoms with E-state index >= 15 is 0 Å². The topological polar surface area (TPSA) is 103 Å². The highest BCUT2D eigenvalue weighted by Gasteiger charge is 2.16. The van der Waals surface area contributed by atoms with Crippen LogP contribution >= 0.6 is 23.4 Å². The maximum Gasteiger partial charge on any atom is 0.269 e. The minimum atomic E-state index is -0.473. The lowest BCUT2D eigenvalue weighted by Crippen LogP contribution is -2.15. The number of nitrogens with one attached hydrogen (secondary N) is 1. The Morgan fingerprint density at radius 1 is 1.30 bits per heavy atom. The third kappa shape index (κ3) is 5.05. The minimum absolute atomic E-state index is 0.0212. The summed E-state index contributed by atoms with van der Waals surface area (Å²) in [6.07, 6.45) is 1.73. The molecule has 154 valence electrons. The largest absolute Gasteiger partial charge is 0.325 e. The average Bonchev–Trinajstić information content (AvgIpc) is 3.11. The van der Waals surface area contributed by atoms with Crippen molar-refractivity contribution in [2.75, 3.05) is 11.1 Å². The molecule has 3 rings (SSSR count). The van der Waals surface area contributed by atoms with Crippen LogP contribution in [0.1, 0.15) is 5.56 Å². The van der Waals surface area contributed by atoms with Crippen molar-refractivity contribution in [2.45, 2.75) is 18.6 Å². The van der Waals surface area contributed by atoms with E-state index in [4.69, 9.17) is 11.6 Å². The summed E-state index contributed by atoms with van der Waals surface area (Å²) in [6.45, 7) is 5.96. The van der Waals surface area contributed by atoms with E-state index in [1.54, 1.807) is 25.1 Å². The van der Waals surface area contributed by atoms with Gasteiger partial charge in [0.25, 0.3) is 5.69 Å². The fraction of sp³-hybridized carbons (Fsp3) is 0.150. The van der Waals surface area contributed by atoms with E-state index in [1.807, 2.05) is 16.7 Å². The molecule has 1 amide bonds. The molecule has 0 atom stereocenters. The van der Waals surface area contributed by atoms with Crippen molar-refractivity contribution in [1.29, 1.82) is 0 Å². The molecule has 0 spiro atoms. The molecule has 0 fully saturated rings. The number of hydrogen-bond donors (Lipinski definition) is 1. The minimum Gasteiger partial charge on any atom is -0.325 e. The number of rotatable bonds is 8. The van der Waals surface area contributed by atoms with E-state index < -0.39 is 4.92 Å². The van der Waals surface area contributed by atoms with Crippen LogP contribution in [-0.4, -0.2) is 31.3 Å². The van der Waals surface area contributed by atoms with E-state index in [0.717, 1.165) is 5.56 Å². The van der Waals surface area contributed by atoms with Crippen LogP contribution in [0.5, 0.6) is 0 Å². The first-order valence-corrected chi connectivity index (χ1v) is 10.2. The summed E-state index contributed by atoms with van der Waals surface area (Å²) in [7, 11) is 0. The normalized spacial score (nSPS) is 10.6. The molecule has 1 heterocycles. The Labute approximate surface area is 182 Å². The molecule has 3 aromatic rings. The quantitative estimate of drug-likeness (QED) is 0.233. The van der Waals surface area contributed by atoms with Crippen molar-refractivity contribution in [1.82, 2.24) is 14.8 Å². The number of anilines is 1. The van der Waals surface area contributed by atoms with Gasteiger partial charge in [-0.2, -0.15) is 0 Å². The van der Waals surface area contributed by atoms with E-state index in [1.165, 1.54) is 30.0 Å². The molecule has 2 aromatic carbocycles. The number of nitro benzene ring substituents is 1. The molecule has 0 aliphatic carbocycles. The number of non-ortho nitro benzene ring substituents is 1. The van der Waals surface area contributed by atoms with Gasteiger partial charge in [-0.05, 0) is 42.8 Å². The molecule has 0 bridgehead atoms. The monoisotopic (exact) mass is 443 g/mol. The van der Waals surface area contributed by atoms with E-state index in [9.17, 15) is 14.9 Å². The molecular weight excluding hydrogens is 426 g/mol. The number of benzene rings is 2. The molecule has 0 saturated carbocycles. The second-order valence-electron chi connectivity index (χ2n) is 6.31. The fourth-order valence-corrected chi connectivity index (χ4v) is 3.59. The summed E-state index contributed by atoms with van der Waals surface area (Å²) in [5.41, 5.74) is 1.97. The van der Waals surface area contributed by atoms with Crippen LogP contribution in [0.4, 0.5) is 11.4 Å². The zero-order chi connectivity index (χ0) is 21.7. The van der Waals surface area contributed by atoms with Crippen molar-refractivity contribution in [2.24, 2.45) is 0 Å². The van der Waals surface area contributed by atoms with Crippen LogP contribution in [0, 0.1) is 17.0 Å². The number of hydrogen-bond acceptors (Lipinski definition) is 6. The summed E-state index contributed by atoms with van der Waals surface area (Å²) in [5, 5.41) is 23.3. The fourth-order valence-electron chi connectivity index (χ4n) is 2.72. The summed E-state index contributed by atoms with van der Waals surface area (Å²) >= 11 is 7.19. The number of nitro groups is 1. The van der Waals surface area contributed by atoms with Gasteiger partial charge in [0.05, 0.1) is 10.7 Å². The maximum atomic E-state index is 12.4. The van der Waals surface area contributed by atoms with Crippen molar-refractivity contribution >= 4 is 40.6 Å². The van der Waals surface area contributed by atoms with E-state index in [-0.39, 0.29) is 17.3 Å². The van der Waals surface area contributed by atoms with Crippen LogP contribution in [0.25, 0.3) is 11.4 Å². The van der Waals surface area contributed by atoms with E-state index in [0.29, 0.717) is 33.8 Å². The Hall–Kier alpha value is -3.17. The SMILES string of the molecule is C=CCn1c(SCC(=O)Nc2ccc([N+](=O)[O-])cc2C)nnc1-c1ccc(Cl)cc1. The number of thioether (sulfide) groups is 1. The summed E-state index contributed by atoms with van der Waals surface area (Å²) in [6, 6.07) is 11.5. The standard InChI is InChI=1S/C20H18ClN5O3S/c1-3-10-25-19(14-4-6-15(21)7-5-14)23-24-20(25)30-12-18(27)22-17-9-8-16(26(28)29)11-13(17)2/h3-9,11H,1,10,12H2,2H3,(H,22,27). The van der Waals surface area contributed by atoms with Crippen LogP contribution in [0.2, 0.25) is 5.02 Å². The highest BCUT2D eigenvalue weighted by molar-refractivity contribution is 7.99. The Morgan fingerprint density at radius 3 is 2.67 bits per heavy atom. The van der Waals surface area contributed by atoms with Gasteiger partial charge in [-0.15, -0.1) is 16.8 Å². The third-order valence-electron chi connectivity index (χ3n) is 4.16. The summed E-state index contributed by atoms with van der Waals surface area (Å²) in [4.78, 5) is 22.7. The smallest absolute Gasteiger partial charge is 0.269 e. The molecule has 0 aliphatic heterocycles. The first kappa shape index (κ1) is 21.5. The number of carbonyl (C=O) groups excluding carboxylic acids is 1. The number of aromatic nitrogens is 3. The van der Waals surface area contributed by atoms with Crippen LogP contribution in [0.15, 0.2) is 60.3 Å². The molecular formula is C20H18ClN5O3S. The lowest BCUT2D eigenvalue weighted by atomic mass is 10.2. The molecule has 0 radical (unpaired) electrons. The van der Waals surface area contributed by atoms with Gasteiger partial charge in [0.15, 0.2) is 11.0 Å². The predicted octanol–water partition coefficient (Wildman–Crippen LogP) is 4.73. The van der Waals surface area contributed by atoms with Gasteiger partial charge in [0, 0.05) is 35.0 Å². The molecule has 10 heteroatoms. The first-order valence-electron chi connectivity index (χ1n) is 8.86. The second-order valence-corrected chi connectivity index (χ2v) is 7.68. The number of halogens is 1. The van der Waals surface area contributed by atoms with Gasteiger partial charge < -0.3 is 5.32 Å².